The van der Waals surface area contributed by atoms with Crippen LogP contribution in [0.3, 0.4) is 0 Å². The van der Waals surface area contributed by atoms with Crippen LogP contribution in [0, 0.1) is 0 Å². The normalized spacial score (nSPS) is 11.1. The molecule has 32 heavy (non-hydrogen) atoms. The summed E-state index contributed by atoms with van der Waals surface area (Å²) in [6.07, 6.45) is 2.58. The molecule has 0 unspecified atom stereocenters. The molecule has 3 aromatic rings. The molecule has 7 nitrogen and oxygen atoms in total. The van der Waals surface area contributed by atoms with Crippen molar-refractivity contribution < 1.29 is 18.0 Å². The van der Waals surface area contributed by atoms with Gasteiger partial charge < -0.3 is 5.32 Å². The van der Waals surface area contributed by atoms with Gasteiger partial charge in [-0.1, -0.05) is 41.4 Å². The maximum absolute atomic E-state index is 12.5. The summed E-state index contributed by atoms with van der Waals surface area (Å²) in [7, 11) is -3.52. The van der Waals surface area contributed by atoms with Crippen molar-refractivity contribution in [3.8, 4) is 0 Å². The number of rotatable bonds is 6. The SMILES string of the molecule is CC(=O)N(c1ccc(S(C)(=O)=O)c(Cl)c1)c1cc(NC(=O)Cc2ccccc2Cl)ccn1. The first-order chi connectivity index (χ1) is 15.1. The molecule has 1 N–H and O–H groups in total. The molecule has 0 aliphatic rings. The molecule has 3 rings (SSSR count). The van der Waals surface area contributed by atoms with E-state index in [2.05, 4.69) is 10.3 Å². The van der Waals surface area contributed by atoms with Crippen LogP contribution in [0.25, 0.3) is 0 Å². The summed E-state index contributed by atoms with van der Waals surface area (Å²) in [5.74, 6) is -0.429. The minimum Gasteiger partial charge on any atom is -0.326 e. The van der Waals surface area contributed by atoms with E-state index in [0.717, 1.165) is 6.26 Å². The highest BCUT2D eigenvalue weighted by Crippen LogP contribution is 2.31. The van der Waals surface area contributed by atoms with Gasteiger partial charge in [-0.05, 0) is 35.9 Å². The first kappa shape index (κ1) is 23.7. The smallest absolute Gasteiger partial charge is 0.229 e. The van der Waals surface area contributed by atoms with Gasteiger partial charge >= 0.3 is 0 Å². The van der Waals surface area contributed by atoms with Gasteiger partial charge in [-0.2, -0.15) is 0 Å². The van der Waals surface area contributed by atoms with E-state index in [1.54, 1.807) is 30.3 Å². The van der Waals surface area contributed by atoms with Crippen molar-refractivity contribution in [1.82, 2.24) is 4.98 Å². The highest BCUT2D eigenvalue weighted by atomic mass is 35.5. The van der Waals surface area contributed by atoms with Crippen molar-refractivity contribution in [3.63, 3.8) is 0 Å². The number of pyridine rings is 1. The summed E-state index contributed by atoms with van der Waals surface area (Å²) >= 11 is 12.2. The predicted molar refractivity (Wildman–Crippen MR) is 125 cm³/mol. The zero-order valence-electron chi connectivity index (χ0n) is 17.2. The molecular formula is C22H19Cl2N3O4S. The van der Waals surface area contributed by atoms with E-state index in [1.807, 2.05) is 0 Å². The summed E-state index contributed by atoms with van der Waals surface area (Å²) in [6.45, 7) is 1.34. The molecule has 2 amide bonds. The first-order valence-electron chi connectivity index (χ1n) is 9.36. The molecule has 1 aromatic heterocycles. The number of anilines is 3. The topological polar surface area (TPSA) is 96.4 Å². The zero-order chi connectivity index (χ0) is 23.5. The lowest BCUT2D eigenvalue weighted by Gasteiger charge is -2.21. The summed E-state index contributed by atoms with van der Waals surface area (Å²) in [5.41, 5.74) is 1.45. The fraction of sp³-hybridized carbons (Fsp3) is 0.136. The standard InChI is InChI=1S/C22H19Cl2N3O4S/c1-14(28)27(17-7-8-20(19(24)13-17)32(2,30)31)21-12-16(9-10-25-21)26-22(29)11-15-5-3-4-6-18(15)23/h3-10,12-13H,11H2,1-2H3,(H,25,26,29). The average molecular weight is 492 g/mol. The molecule has 1 heterocycles. The lowest BCUT2D eigenvalue weighted by molar-refractivity contribution is -0.116. The first-order valence-corrected chi connectivity index (χ1v) is 12.0. The van der Waals surface area contributed by atoms with Gasteiger partial charge in [0.25, 0.3) is 0 Å². The number of hydrogen-bond donors (Lipinski definition) is 1. The monoisotopic (exact) mass is 491 g/mol. The van der Waals surface area contributed by atoms with Crippen LogP contribution in [-0.4, -0.2) is 31.5 Å². The molecule has 0 saturated heterocycles. The second-order valence-electron chi connectivity index (χ2n) is 6.96. The van der Waals surface area contributed by atoms with E-state index >= 15 is 0 Å². The van der Waals surface area contributed by atoms with E-state index in [0.29, 0.717) is 22.0 Å². The Kier molecular flexibility index (Phi) is 7.18. The van der Waals surface area contributed by atoms with Crippen LogP contribution in [0.1, 0.15) is 12.5 Å². The van der Waals surface area contributed by atoms with Gasteiger partial charge in [0.15, 0.2) is 9.84 Å². The zero-order valence-corrected chi connectivity index (χ0v) is 19.5. The van der Waals surface area contributed by atoms with Crippen molar-refractivity contribution in [2.45, 2.75) is 18.2 Å². The number of carbonyl (C=O) groups is 2. The Morgan fingerprint density at radius 2 is 1.75 bits per heavy atom. The van der Waals surface area contributed by atoms with Crippen LogP contribution in [0.5, 0.6) is 0 Å². The molecule has 0 bridgehead atoms. The Bertz CT molecular complexity index is 1300. The van der Waals surface area contributed by atoms with E-state index in [-0.39, 0.29) is 34.0 Å². The Balaban J connectivity index is 1.87. The van der Waals surface area contributed by atoms with Gasteiger partial charge in [-0.25, -0.2) is 13.4 Å². The van der Waals surface area contributed by atoms with Crippen molar-refractivity contribution in [1.29, 1.82) is 0 Å². The molecule has 10 heteroatoms. The number of halogens is 2. The van der Waals surface area contributed by atoms with Crippen LogP contribution in [0.15, 0.2) is 65.7 Å². The minimum atomic E-state index is -3.52. The predicted octanol–water partition coefficient (Wildman–Crippen LogP) is 4.66. The number of sulfone groups is 1. The summed E-state index contributed by atoms with van der Waals surface area (Å²) < 4.78 is 23.6. The van der Waals surface area contributed by atoms with Crippen molar-refractivity contribution in [3.05, 3.63) is 76.4 Å². The molecule has 0 atom stereocenters. The van der Waals surface area contributed by atoms with Crippen LogP contribution in [0.4, 0.5) is 17.2 Å². The van der Waals surface area contributed by atoms with Gasteiger partial charge in [-0.3, -0.25) is 14.5 Å². The number of carbonyl (C=O) groups excluding carboxylic acids is 2. The molecule has 0 radical (unpaired) electrons. The third kappa shape index (κ3) is 5.64. The number of aromatic nitrogens is 1. The third-order valence-corrected chi connectivity index (χ3v) is 6.40. The van der Waals surface area contributed by atoms with Crippen LogP contribution in [0.2, 0.25) is 10.0 Å². The second kappa shape index (κ2) is 9.68. The number of benzene rings is 2. The number of hydrogen-bond acceptors (Lipinski definition) is 5. The van der Waals surface area contributed by atoms with Crippen molar-refractivity contribution in [2.75, 3.05) is 16.5 Å². The van der Waals surface area contributed by atoms with Crippen molar-refractivity contribution >= 4 is 62.0 Å². The van der Waals surface area contributed by atoms with Crippen LogP contribution < -0.4 is 10.2 Å². The molecule has 0 spiro atoms. The molecule has 0 aliphatic carbocycles. The van der Waals surface area contributed by atoms with Gasteiger partial charge in [0.2, 0.25) is 11.8 Å². The van der Waals surface area contributed by atoms with Gasteiger partial charge in [-0.15, -0.1) is 0 Å². The summed E-state index contributed by atoms with van der Waals surface area (Å²) in [5, 5.41) is 3.24. The Morgan fingerprint density at radius 3 is 2.38 bits per heavy atom. The minimum absolute atomic E-state index is 0.0135. The Morgan fingerprint density at radius 1 is 1.03 bits per heavy atom. The van der Waals surface area contributed by atoms with Crippen LogP contribution >= 0.6 is 23.2 Å². The van der Waals surface area contributed by atoms with Crippen molar-refractivity contribution in [2.24, 2.45) is 0 Å². The summed E-state index contributed by atoms with van der Waals surface area (Å²) in [4.78, 5) is 30.3. The molecule has 2 aromatic carbocycles. The molecule has 0 aliphatic heterocycles. The van der Waals surface area contributed by atoms with Gasteiger partial charge in [0.1, 0.15) is 5.82 Å². The van der Waals surface area contributed by atoms with E-state index in [9.17, 15) is 18.0 Å². The largest absolute Gasteiger partial charge is 0.326 e. The average Bonchev–Trinajstić information content (AvgIpc) is 2.69. The molecule has 0 saturated carbocycles. The molecule has 166 valence electrons. The van der Waals surface area contributed by atoms with E-state index < -0.39 is 9.84 Å². The quantitative estimate of drug-likeness (QED) is 0.540. The maximum Gasteiger partial charge on any atom is 0.229 e. The summed E-state index contributed by atoms with van der Waals surface area (Å²) in [6, 6.07) is 14.3. The van der Waals surface area contributed by atoms with Gasteiger partial charge in [0, 0.05) is 36.2 Å². The third-order valence-electron chi connectivity index (χ3n) is 4.46. The fourth-order valence-corrected chi connectivity index (χ4v) is 4.57. The van der Waals surface area contributed by atoms with Crippen LogP contribution in [-0.2, 0) is 25.8 Å². The number of nitrogens with zero attached hydrogens (tertiary/aromatic N) is 2. The lowest BCUT2D eigenvalue weighted by Crippen LogP contribution is -2.24. The maximum atomic E-state index is 12.5. The Labute approximate surface area is 195 Å². The molecule has 0 fully saturated rings. The number of nitrogens with one attached hydrogen (secondary N) is 1. The Hall–Kier alpha value is -2.94. The van der Waals surface area contributed by atoms with E-state index in [4.69, 9.17) is 23.2 Å². The highest BCUT2D eigenvalue weighted by molar-refractivity contribution is 7.90. The van der Waals surface area contributed by atoms with E-state index in [1.165, 1.54) is 42.3 Å². The lowest BCUT2D eigenvalue weighted by atomic mass is 10.1. The fourth-order valence-electron chi connectivity index (χ4n) is 3.04. The van der Waals surface area contributed by atoms with Gasteiger partial charge in [0.05, 0.1) is 22.0 Å². The second-order valence-corrected chi connectivity index (χ2v) is 9.76. The molecular weight excluding hydrogens is 473 g/mol. The highest BCUT2D eigenvalue weighted by Gasteiger charge is 2.20. The number of amides is 2.